The Bertz CT molecular complexity index is 646. The average molecular weight is 250 g/mol. The summed E-state index contributed by atoms with van der Waals surface area (Å²) in [6.45, 7) is 5.52. The maximum absolute atomic E-state index is 14.0. The predicted octanol–water partition coefficient (Wildman–Crippen LogP) is 2.51. The van der Waals surface area contributed by atoms with Crippen LogP contribution in [0.5, 0.6) is 0 Å². The molecule has 3 rings (SSSR count). The monoisotopic (exact) mass is 250 g/mol. The fourth-order valence-electron chi connectivity index (χ4n) is 2.32. The van der Waals surface area contributed by atoms with Gasteiger partial charge in [0.2, 0.25) is 0 Å². The van der Waals surface area contributed by atoms with Crippen molar-refractivity contribution in [3.05, 3.63) is 35.4 Å². The van der Waals surface area contributed by atoms with Crippen LogP contribution in [-0.4, -0.2) is 14.8 Å². The average Bonchev–Trinajstić information content (AvgIpc) is 2.59. The molecule has 0 amide bonds. The Hall–Kier alpha value is -1.98. The van der Waals surface area contributed by atoms with Crippen molar-refractivity contribution in [1.82, 2.24) is 14.8 Å². The van der Waals surface area contributed by atoms with Gasteiger partial charge in [0, 0.05) is 6.07 Å². The first-order valence-corrected chi connectivity index (χ1v) is 5.60. The van der Waals surface area contributed by atoms with Crippen LogP contribution in [0.2, 0.25) is 0 Å². The molecule has 0 bridgehead atoms. The second-order valence-corrected chi connectivity index (χ2v) is 4.94. The molecule has 18 heavy (non-hydrogen) atoms. The second-order valence-electron chi connectivity index (χ2n) is 4.94. The third-order valence-electron chi connectivity index (χ3n) is 3.08. The van der Waals surface area contributed by atoms with E-state index in [0.717, 1.165) is 6.07 Å². The van der Waals surface area contributed by atoms with Crippen LogP contribution in [0.4, 0.5) is 14.5 Å². The van der Waals surface area contributed by atoms with Crippen LogP contribution in [0.15, 0.2) is 12.1 Å². The number of nitrogens with one attached hydrogen (secondary N) is 1. The molecule has 0 spiro atoms. The largest absolute Gasteiger partial charge is 0.371 e. The lowest BCUT2D eigenvalue weighted by Crippen LogP contribution is -2.36. The van der Waals surface area contributed by atoms with Gasteiger partial charge in [-0.1, -0.05) is 0 Å². The molecule has 4 nitrogen and oxygen atoms in total. The molecule has 6 heteroatoms. The molecule has 2 aromatic rings. The summed E-state index contributed by atoms with van der Waals surface area (Å²) in [6, 6.07) is 2.14. The Morgan fingerprint density at radius 3 is 2.67 bits per heavy atom. The fourth-order valence-corrected chi connectivity index (χ4v) is 2.32. The molecule has 0 fully saturated rings. The minimum absolute atomic E-state index is 0.272. The van der Waals surface area contributed by atoms with Gasteiger partial charge in [0.25, 0.3) is 0 Å². The van der Waals surface area contributed by atoms with E-state index < -0.39 is 17.2 Å². The maximum atomic E-state index is 14.0. The predicted molar refractivity (Wildman–Crippen MR) is 62.7 cm³/mol. The summed E-state index contributed by atoms with van der Waals surface area (Å²) in [4.78, 5) is 0. The van der Waals surface area contributed by atoms with Gasteiger partial charge in [0.1, 0.15) is 17.3 Å². The summed E-state index contributed by atoms with van der Waals surface area (Å²) in [6.07, 6.45) is 0. The third kappa shape index (κ3) is 1.35. The second kappa shape index (κ2) is 3.28. The van der Waals surface area contributed by atoms with Crippen LogP contribution in [0.25, 0.3) is 5.69 Å². The zero-order valence-electron chi connectivity index (χ0n) is 10.3. The van der Waals surface area contributed by atoms with E-state index in [2.05, 4.69) is 15.5 Å². The molecular formula is C12H12F2N4. The molecule has 1 aliphatic rings. The number of hydrogen-bond acceptors (Lipinski definition) is 3. The maximum Gasteiger partial charge on any atom is 0.162 e. The van der Waals surface area contributed by atoms with Crippen molar-refractivity contribution in [1.29, 1.82) is 0 Å². The highest BCUT2D eigenvalue weighted by Crippen LogP contribution is 2.38. The van der Waals surface area contributed by atoms with Crippen molar-refractivity contribution in [2.24, 2.45) is 0 Å². The van der Waals surface area contributed by atoms with Gasteiger partial charge in [0.05, 0.1) is 11.2 Å². The van der Waals surface area contributed by atoms with E-state index in [1.54, 1.807) is 11.5 Å². The fraction of sp³-hybridized carbons (Fsp3) is 0.333. The molecule has 0 radical (unpaired) electrons. The van der Waals surface area contributed by atoms with Crippen molar-refractivity contribution >= 4 is 5.69 Å². The number of halogens is 2. The quantitative estimate of drug-likeness (QED) is 0.781. The van der Waals surface area contributed by atoms with Gasteiger partial charge >= 0.3 is 0 Å². The summed E-state index contributed by atoms with van der Waals surface area (Å²) in [7, 11) is 0. The molecule has 1 aromatic carbocycles. The number of aryl methyl sites for hydroxylation is 1. The highest BCUT2D eigenvalue weighted by atomic mass is 19.1. The topological polar surface area (TPSA) is 42.7 Å². The Labute approximate surface area is 103 Å². The van der Waals surface area contributed by atoms with E-state index in [1.807, 2.05) is 13.8 Å². The van der Waals surface area contributed by atoms with E-state index in [9.17, 15) is 8.78 Å². The van der Waals surface area contributed by atoms with Gasteiger partial charge in [-0.25, -0.2) is 8.78 Å². The highest BCUT2D eigenvalue weighted by Gasteiger charge is 2.35. The van der Waals surface area contributed by atoms with Crippen molar-refractivity contribution in [3.8, 4) is 5.69 Å². The first-order valence-electron chi connectivity index (χ1n) is 5.60. The molecule has 1 N–H and O–H groups in total. The number of nitrogens with zero attached hydrogens (tertiary/aromatic N) is 3. The molecule has 0 atom stereocenters. The molecule has 1 aromatic heterocycles. The van der Waals surface area contributed by atoms with E-state index in [4.69, 9.17) is 0 Å². The van der Waals surface area contributed by atoms with E-state index in [1.165, 1.54) is 6.07 Å². The summed E-state index contributed by atoms with van der Waals surface area (Å²) in [5, 5.41) is 11.1. The zero-order chi connectivity index (χ0) is 13.1. The molecule has 0 aliphatic carbocycles. The van der Waals surface area contributed by atoms with Crippen LogP contribution < -0.4 is 5.32 Å². The van der Waals surface area contributed by atoms with Gasteiger partial charge in [-0.05, 0) is 26.8 Å². The summed E-state index contributed by atoms with van der Waals surface area (Å²) >= 11 is 0. The van der Waals surface area contributed by atoms with Crippen LogP contribution >= 0.6 is 0 Å². The van der Waals surface area contributed by atoms with Crippen LogP contribution in [0, 0.1) is 18.6 Å². The first-order chi connectivity index (χ1) is 8.40. The first kappa shape index (κ1) is 11.1. The van der Waals surface area contributed by atoms with Crippen molar-refractivity contribution in [2.75, 3.05) is 5.32 Å². The Morgan fingerprint density at radius 2 is 1.94 bits per heavy atom. The zero-order valence-corrected chi connectivity index (χ0v) is 10.3. The molecule has 0 unspecified atom stereocenters. The van der Waals surface area contributed by atoms with Crippen molar-refractivity contribution < 1.29 is 8.78 Å². The van der Waals surface area contributed by atoms with Crippen LogP contribution in [0.1, 0.15) is 25.5 Å². The SMILES string of the molecule is Cc1nnc2n1-c1c(F)cc(F)cc1NC2(C)C. The normalized spacial score (nSPS) is 15.8. The standard InChI is InChI=1S/C12H12F2N4/c1-6-16-17-11-12(2,3)15-9-5-7(13)4-8(14)10(9)18(6)11/h4-5,15H,1-3H3. The molecule has 0 saturated heterocycles. The van der Waals surface area contributed by atoms with Gasteiger partial charge in [0.15, 0.2) is 11.6 Å². The van der Waals surface area contributed by atoms with Gasteiger partial charge in [-0.15, -0.1) is 10.2 Å². The van der Waals surface area contributed by atoms with Gasteiger partial charge in [-0.3, -0.25) is 4.57 Å². The lowest BCUT2D eigenvalue weighted by atomic mass is 10.00. The minimum atomic E-state index is -0.628. The van der Waals surface area contributed by atoms with E-state index >= 15 is 0 Å². The summed E-state index contributed by atoms with van der Waals surface area (Å²) in [5.41, 5.74) is 0.148. The highest BCUT2D eigenvalue weighted by molar-refractivity contribution is 5.66. The molecule has 0 saturated carbocycles. The van der Waals surface area contributed by atoms with Crippen molar-refractivity contribution in [3.63, 3.8) is 0 Å². The smallest absolute Gasteiger partial charge is 0.162 e. The van der Waals surface area contributed by atoms with Crippen molar-refractivity contribution in [2.45, 2.75) is 26.3 Å². The number of aromatic nitrogens is 3. The molecule has 2 heterocycles. The number of hydrogen-bond donors (Lipinski definition) is 1. The Morgan fingerprint density at radius 1 is 1.22 bits per heavy atom. The van der Waals surface area contributed by atoms with E-state index in [-0.39, 0.29) is 5.69 Å². The number of fused-ring (bicyclic) bond motifs is 3. The number of rotatable bonds is 0. The van der Waals surface area contributed by atoms with Crippen LogP contribution in [0.3, 0.4) is 0 Å². The van der Waals surface area contributed by atoms with Gasteiger partial charge in [-0.2, -0.15) is 0 Å². The van der Waals surface area contributed by atoms with E-state index in [0.29, 0.717) is 17.3 Å². The van der Waals surface area contributed by atoms with Gasteiger partial charge < -0.3 is 5.32 Å². The minimum Gasteiger partial charge on any atom is -0.371 e. The third-order valence-corrected chi connectivity index (χ3v) is 3.08. The lowest BCUT2D eigenvalue weighted by Gasteiger charge is -2.33. The molecular weight excluding hydrogens is 238 g/mol. The number of anilines is 1. The molecule has 94 valence electrons. The lowest BCUT2D eigenvalue weighted by molar-refractivity contribution is 0.515. The molecule has 1 aliphatic heterocycles. The Kier molecular flexibility index (Phi) is 2.03. The van der Waals surface area contributed by atoms with Crippen LogP contribution in [-0.2, 0) is 5.54 Å². The number of benzene rings is 1. The Balaban J connectivity index is 2.39. The summed E-state index contributed by atoms with van der Waals surface area (Å²) in [5.74, 6) is -0.0507. The summed E-state index contributed by atoms with van der Waals surface area (Å²) < 4.78 is 28.9.